The van der Waals surface area contributed by atoms with Crippen LogP contribution in [0.3, 0.4) is 0 Å². The van der Waals surface area contributed by atoms with Crippen LogP contribution in [0.25, 0.3) is 0 Å². The maximum atomic E-state index is 11.0. The van der Waals surface area contributed by atoms with E-state index in [1.54, 1.807) is 0 Å². The Morgan fingerprint density at radius 2 is 2.18 bits per heavy atom. The summed E-state index contributed by atoms with van der Waals surface area (Å²) in [7, 11) is -1.13. The summed E-state index contributed by atoms with van der Waals surface area (Å²) in [6.07, 6.45) is 0. The van der Waals surface area contributed by atoms with Crippen LogP contribution in [0.4, 0.5) is 0 Å². The van der Waals surface area contributed by atoms with Crippen LogP contribution in [0.1, 0.15) is 6.92 Å². The molecule has 11 heavy (non-hydrogen) atoms. The molecule has 66 valence electrons. The number of rotatable bonds is 5. The summed E-state index contributed by atoms with van der Waals surface area (Å²) in [5.41, 5.74) is 10.1. The zero-order valence-electron chi connectivity index (χ0n) is 6.58. The monoisotopic (exact) mass is 178 g/mol. The summed E-state index contributed by atoms with van der Waals surface area (Å²) < 4.78 is 11.0. The molecule has 0 radical (unpaired) electrons. The summed E-state index contributed by atoms with van der Waals surface area (Å²) in [6, 6.07) is 0. The lowest BCUT2D eigenvalue weighted by Gasteiger charge is -2.05. The Labute approximate surface area is 68.8 Å². The second kappa shape index (κ2) is 5.26. The number of hydrogen-bond acceptors (Lipinski definition) is 3. The lowest BCUT2D eigenvalue weighted by molar-refractivity contribution is -0.115. The van der Waals surface area contributed by atoms with E-state index in [-0.39, 0.29) is 11.7 Å². The van der Waals surface area contributed by atoms with Gasteiger partial charge in [-0.3, -0.25) is 9.00 Å². The van der Waals surface area contributed by atoms with Gasteiger partial charge in [-0.25, -0.2) is 0 Å². The molecule has 0 saturated heterocycles. The topological polar surface area (TPSA) is 86.2 Å². The van der Waals surface area contributed by atoms with Gasteiger partial charge in [0, 0.05) is 16.6 Å². The molecule has 5 heteroatoms. The minimum atomic E-state index is -1.13. The Morgan fingerprint density at radius 1 is 1.64 bits per heavy atom. The van der Waals surface area contributed by atoms with Crippen LogP contribution in [0, 0.1) is 5.92 Å². The number of hydrogen-bond donors (Lipinski definition) is 2. The Balaban J connectivity index is 3.60. The van der Waals surface area contributed by atoms with Crippen molar-refractivity contribution >= 4 is 16.7 Å². The summed E-state index contributed by atoms with van der Waals surface area (Å²) in [4.78, 5) is 10.3. The van der Waals surface area contributed by atoms with Crippen molar-refractivity contribution < 1.29 is 9.00 Å². The molecule has 0 aliphatic carbocycles. The third-order valence-corrected chi connectivity index (χ3v) is 2.72. The molecule has 0 aliphatic heterocycles. The van der Waals surface area contributed by atoms with Crippen LogP contribution in [0.2, 0.25) is 0 Å². The van der Waals surface area contributed by atoms with Crippen molar-refractivity contribution in [3.8, 4) is 0 Å². The Hall–Kier alpha value is -0.420. The predicted octanol–water partition coefficient (Wildman–Crippen LogP) is -1.18. The van der Waals surface area contributed by atoms with Gasteiger partial charge in [0.15, 0.2) is 0 Å². The minimum absolute atomic E-state index is 0.0513. The van der Waals surface area contributed by atoms with Crippen molar-refractivity contribution in [2.24, 2.45) is 17.4 Å². The van der Waals surface area contributed by atoms with Gasteiger partial charge in [0.2, 0.25) is 5.91 Å². The van der Waals surface area contributed by atoms with Gasteiger partial charge in [-0.15, -0.1) is 0 Å². The predicted molar refractivity (Wildman–Crippen MR) is 45.3 cm³/mol. The van der Waals surface area contributed by atoms with Crippen LogP contribution in [0.5, 0.6) is 0 Å². The van der Waals surface area contributed by atoms with Gasteiger partial charge in [-0.1, -0.05) is 6.92 Å². The minimum Gasteiger partial charge on any atom is -0.369 e. The summed E-state index contributed by atoms with van der Waals surface area (Å²) in [5, 5.41) is 0. The summed E-state index contributed by atoms with van der Waals surface area (Å²) in [5.74, 6) is 0.0757. The fourth-order valence-electron chi connectivity index (χ4n) is 0.603. The standard InChI is InChI=1S/C6H14N2O2S/c1-5(2-7)3-11(10)4-6(8)9/h5H,2-4,7H2,1H3,(H2,8,9). The molecule has 0 aromatic rings. The van der Waals surface area contributed by atoms with Crippen molar-refractivity contribution in [2.75, 3.05) is 18.1 Å². The van der Waals surface area contributed by atoms with Crippen LogP contribution >= 0.6 is 0 Å². The molecule has 0 aromatic heterocycles. The first-order valence-corrected chi connectivity index (χ1v) is 4.88. The van der Waals surface area contributed by atoms with Gasteiger partial charge in [0.05, 0.1) is 0 Å². The average molecular weight is 178 g/mol. The number of amides is 1. The highest BCUT2D eigenvalue weighted by Crippen LogP contribution is 1.94. The van der Waals surface area contributed by atoms with Crippen molar-refractivity contribution in [3.63, 3.8) is 0 Å². The lowest BCUT2D eigenvalue weighted by atomic mass is 10.2. The van der Waals surface area contributed by atoms with Gasteiger partial charge in [0.1, 0.15) is 5.75 Å². The Morgan fingerprint density at radius 3 is 2.55 bits per heavy atom. The molecule has 0 aromatic carbocycles. The first-order chi connectivity index (χ1) is 5.06. The van der Waals surface area contributed by atoms with Crippen molar-refractivity contribution in [3.05, 3.63) is 0 Å². The SMILES string of the molecule is CC(CN)CS(=O)CC(N)=O. The maximum absolute atomic E-state index is 11.0. The van der Waals surface area contributed by atoms with E-state index in [1.165, 1.54) is 0 Å². The first-order valence-electron chi connectivity index (χ1n) is 3.39. The highest BCUT2D eigenvalue weighted by Gasteiger charge is 2.07. The second-order valence-electron chi connectivity index (χ2n) is 2.56. The van der Waals surface area contributed by atoms with Gasteiger partial charge >= 0.3 is 0 Å². The van der Waals surface area contributed by atoms with Crippen LogP contribution in [-0.4, -0.2) is 28.2 Å². The maximum Gasteiger partial charge on any atom is 0.230 e. The first kappa shape index (κ1) is 10.6. The molecule has 0 saturated carbocycles. The van der Waals surface area contributed by atoms with E-state index in [4.69, 9.17) is 11.5 Å². The highest BCUT2D eigenvalue weighted by molar-refractivity contribution is 7.85. The van der Waals surface area contributed by atoms with Crippen molar-refractivity contribution in [1.82, 2.24) is 0 Å². The molecule has 0 aliphatic rings. The molecule has 0 fully saturated rings. The van der Waals surface area contributed by atoms with E-state index in [0.29, 0.717) is 12.3 Å². The van der Waals surface area contributed by atoms with Gasteiger partial charge in [0.25, 0.3) is 0 Å². The molecule has 2 atom stereocenters. The number of primary amides is 1. The normalized spacial score (nSPS) is 15.8. The highest BCUT2D eigenvalue weighted by atomic mass is 32.2. The number of carbonyl (C=O) groups excluding carboxylic acids is 1. The zero-order chi connectivity index (χ0) is 8.85. The second-order valence-corrected chi connectivity index (χ2v) is 4.06. The molecule has 1 amide bonds. The quantitative estimate of drug-likeness (QED) is 0.555. The molecule has 4 N–H and O–H groups in total. The van der Waals surface area contributed by atoms with Gasteiger partial charge in [-0.05, 0) is 12.5 Å². The third-order valence-electron chi connectivity index (χ3n) is 1.18. The fraction of sp³-hybridized carbons (Fsp3) is 0.833. The van der Waals surface area contributed by atoms with Crippen LogP contribution < -0.4 is 11.5 Å². The van der Waals surface area contributed by atoms with E-state index in [2.05, 4.69) is 0 Å². The molecular weight excluding hydrogens is 164 g/mol. The van der Waals surface area contributed by atoms with Crippen molar-refractivity contribution in [1.29, 1.82) is 0 Å². The molecule has 0 bridgehead atoms. The molecule has 4 nitrogen and oxygen atoms in total. The molecule has 0 spiro atoms. The van der Waals surface area contributed by atoms with Gasteiger partial charge in [-0.2, -0.15) is 0 Å². The summed E-state index contributed by atoms with van der Waals surface area (Å²) in [6.45, 7) is 2.38. The number of nitrogens with two attached hydrogens (primary N) is 2. The third kappa shape index (κ3) is 6.00. The van der Waals surface area contributed by atoms with Crippen molar-refractivity contribution in [2.45, 2.75) is 6.92 Å². The average Bonchev–Trinajstić information content (AvgIpc) is 1.85. The largest absolute Gasteiger partial charge is 0.369 e. The Bertz CT molecular complexity index is 161. The van der Waals surface area contributed by atoms with E-state index in [0.717, 1.165) is 0 Å². The van der Waals surface area contributed by atoms with Crippen LogP contribution in [0.15, 0.2) is 0 Å². The lowest BCUT2D eigenvalue weighted by Crippen LogP contribution is -2.25. The molecular formula is C6H14N2O2S. The smallest absolute Gasteiger partial charge is 0.230 e. The molecule has 0 rings (SSSR count). The van der Waals surface area contributed by atoms with Gasteiger partial charge < -0.3 is 11.5 Å². The fourth-order valence-corrected chi connectivity index (χ4v) is 1.81. The molecule has 2 unspecified atom stereocenters. The van der Waals surface area contributed by atoms with E-state index in [9.17, 15) is 9.00 Å². The van der Waals surface area contributed by atoms with E-state index >= 15 is 0 Å². The summed E-state index contributed by atoms with van der Waals surface area (Å²) >= 11 is 0. The van der Waals surface area contributed by atoms with E-state index in [1.807, 2.05) is 6.92 Å². The Kier molecular flexibility index (Phi) is 5.06. The number of carbonyl (C=O) groups is 1. The van der Waals surface area contributed by atoms with Crippen LogP contribution in [-0.2, 0) is 15.6 Å². The zero-order valence-corrected chi connectivity index (χ0v) is 7.39. The molecule has 0 heterocycles. The van der Waals surface area contributed by atoms with E-state index < -0.39 is 16.7 Å².